The van der Waals surface area contributed by atoms with E-state index in [1.807, 2.05) is 24.3 Å². The summed E-state index contributed by atoms with van der Waals surface area (Å²) < 4.78 is 0. The molecule has 0 spiro atoms. The molecule has 0 aromatic heterocycles. The highest BCUT2D eigenvalue weighted by Gasteiger charge is 2.35. The fourth-order valence-electron chi connectivity index (χ4n) is 2.66. The summed E-state index contributed by atoms with van der Waals surface area (Å²) in [6.45, 7) is 3.60. The third-order valence-electron chi connectivity index (χ3n) is 4.45. The van der Waals surface area contributed by atoms with Crippen molar-refractivity contribution in [3.63, 3.8) is 0 Å². The molecule has 1 aromatic rings. The van der Waals surface area contributed by atoms with Crippen molar-refractivity contribution in [1.82, 2.24) is 5.32 Å². The Balaban J connectivity index is 1.80. The average Bonchev–Trinajstić information content (AvgIpc) is 2.39. The number of rotatable bonds is 6. The summed E-state index contributed by atoms with van der Waals surface area (Å²) in [6, 6.07) is 7.95. The topological polar surface area (TPSA) is 55.1 Å². The van der Waals surface area contributed by atoms with Crippen LogP contribution < -0.4 is 11.1 Å². The number of carbonyl (C=O) groups is 1. The number of nitrogens with one attached hydrogen (secondary N) is 1. The molecule has 3 heteroatoms. The van der Waals surface area contributed by atoms with Gasteiger partial charge in [-0.2, -0.15) is 0 Å². The zero-order valence-corrected chi connectivity index (χ0v) is 11.7. The third-order valence-corrected chi connectivity index (χ3v) is 4.45. The SMILES string of the molecule is CCC1(CNC(=O)Cc2ccc(CN)cc2)CCC1. The number of benzene rings is 1. The predicted molar refractivity (Wildman–Crippen MR) is 77.6 cm³/mol. The molecule has 0 aliphatic heterocycles. The molecule has 0 bridgehead atoms. The number of hydrogen-bond acceptors (Lipinski definition) is 2. The van der Waals surface area contributed by atoms with Crippen LogP contribution in [0.15, 0.2) is 24.3 Å². The van der Waals surface area contributed by atoms with E-state index < -0.39 is 0 Å². The smallest absolute Gasteiger partial charge is 0.224 e. The van der Waals surface area contributed by atoms with Crippen LogP contribution in [0.25, 0.3) is 0 Å². The Morgan fingerprint density at radius 1 is 1.26 bits per heavy atom. The molecule has 0 heterocycles. The summed E-state index contributed by atoms with van der Waals surface area (Å²) in [4.78, 5) is 11.9. The van der Waals surface area contributed by atoms with Crippen LogP contribution in [0, 0.1) is 5.41 Å². The first-order valence-corrected chi connectivity index (χ1v) is 7.22. The van der Waals surface area contributed by atoms with E-state index in [-0.39, 0.29) is 5.91 Å². The predicted octanol–water partition coefficient (Wildman–Crippen LogP) is 2.38. The first-order valence-electron chi connectivity index (χ1n) is 7.22. The maximum atomic E-state index is 11.9. The normalized spacial score (nSPS) is 16.7. The number of nitrogens with two attached hydrogens (primary N) is 1. The fourth-order valence-corrected chi connectivity index (χ4v) is 2.66. The van der Waals surface area contributed by atoms with Gasteiger partial charge in [0.15, 0.2) is 0 Å². The molecule has 1 aliphatic carbocycles. The van der Waals surface area contributed by atoms with Gasteiger partial charge < -0.3 is 11.1 Å². The van der Waals surface area contributed by atoms with E-state index in [0.29, 0.717) is 18.4 Å². The zero-order valence-electron chi connectivity index (χ0n) is 11.7. The molecule has 0 atom stereocenters. The molecule has 0 radical (unpaired) electrons. The van der Waals surface area contributed by atoms with E-state index in [2.05, 4.69) is 12.2 Å². The maximum absolute atomic E-state index is 11.9. The Hall–Kier alpha value is -1.35. The fraction of sp³-hybridized carbons (Fsp3) is 0.562. The Morgan fingerprint density at radius 3 is 2.37 bits per heavy atom. The standard InChI is InChI=1S/C16H24N2O/c1-2-16(8-3-9-16)12-18-15(19)10-13-4-6-14(11-17)7-5-13/h4-7H,2-3,8-12,17H2,1H3,(H,18,19). The molecule has 2 rings (SSSR count). The molecule has 1 aliphatic rings. The van der Waals surface area contributed by atoms with Gasteiger partial charge in [0.05, 0.1) is 6.42 Å². The Bertz CT molecular complexity index is 415. The van der Waals surface area contributed by atoms with E-state index in [1.54, 1.807) is 0 Å². The van der Waals surface area contributed by atoms with E-state index >= 15 is 0 Å². The van der Waals surface area contributed by atoms with Gasteiger partial charge in [-0.25, -0.2) is 0 Å². The van der Waals surface area contributed by atoms with Crippen molar-refractivity contribution in [3.8, 4) is 0 Å². The van der Waals surface area contributed by atoms with Gasteiger partial charge in [-0.05, 0) is 35.8 Å². The van der Waals surface area contributed by atoms with Crippen molar-refractivity contribution in [1.29, 1.82) is 0 Å². The van der Waals surface area contributed by atoms with Crippen LogP contribution in [-0.2, 0) is 17.8 Å². The lowest BCUT2D eigenvalue weighted by molar-refractivity contribution is -0.121. The van der Waals surface area contributed by atoms with Crippen molar-refractivity contribution in [2.45, 2.75) is 45.6 Å². The minimum atomic E-state index is 0.125. The van der Waals surface area contributed by atoms with Crippen LogP contribution in [0.2, 0.25) is 0 Å². The van der Waals surface area contributed by atoms with Gasteiger partial charge in [-0.1, -0.05) is 37.6 Å². The van der Waals surface area contributed by atoms with Crippen molar-refractivity contribution >= 4 is 5.91 Å². The summed E-state index contributed by atoms with van der Waals surface area (Å²) in [5.74, 6) is 0.125. The van der Waals surface area contributed by atoms with E-state index in [0.717, 1.165) is 17.7 Å². The minimum Gasteiger partial charge on any atom is -0.355 e. The van der Waals surface area contributed by atoms with Gasteiger partial charge in [-0.15, -0.1) is 0 Å². The molecule has 0 saturated heterocycles. The summed E-state index contributed by atoms with van der Waals surface area (Å²) in [7, 11) is 0. The molecule has 1 fully saturated rings. The van der Waals surface area contributed by atoms with E-state index in [9.17, 15) is 4.79 Å². The first-order chi connectivity index (χ1) is 9.17. The monoisotopic (exact) mass is 260 g/mol. The third kappa shape index (κ3) is 3.57. The molecule has 104 valence electrons. The average molecular weight is 260 g/mol. The zero-order chi connectivity index (χ0) is 13.7. The number of hydrogen-bond donors (Lipinski definition) is 2. The molecule has 3 N–H and O–H groups in total. The largest absolute Gasteiger partial charge is 0.355 e. The molecule has 1 amide bonds. The van der Waals surface area contributed by atoms with Gasteiger partial charge >= 0.3 is 0 Å². The number of amides is 1. The number of carbonyl (C=O) groups excluding carboxylic acids is 1. The quantitative estimate of drug-likeness (QED) is 0.825. The Morgan fingerprint density at radius 2 is 1.89 bits per heavy atom. The molecule has 1 saturated carbocycles. The van der Waals surface area contributed by atoms with Crippen LogP contribution in [0.3, 0.4) is 0 Å². The lowest BCUT2D eigenvalue weighted by Crippen LogP contribution is -2.42. The second-order valence-corrected chi connectivity index (χ2v) is 5.68. The summed E-state index contributed by atoms with van der Waals surface area (Å²) in [5.41, 5.74) is 8.09. The second kappa shape index (κ2) is 6.20. The van der Waals surface area contributed by atoms with Crippen molar-refractivity contribution in [2.75, 3.05) is 6.54 Å². The van der Waals surface area contributed by atoms with Crippen LogP contribution in [0.5, 0.6) is 0 Å². The van der Waals surface area contributed by atoms with Crippen molar-refractivity contribution in [2.24, 2.45) is 11.1 Å². The van der Waals surface area contributed by atoms with Crippen molar-refractivity contribution < 1.29 is 4.79 Å². The van der Waals surface area contributed by atoms with Gasteiger partial charge in [0.2, 0.25) is 5.91 Å². The molecule has 1 aromatic carbocycles. The van der Waals surface area contributed by atoms with Gasteiger partial charge in [0.25, 0.3) is 0 Å². The summed E-state index contributed by atoms with van der Waals surface area (Å²) in [6.07, 6.45) is 5.46. The van der Waals surface area contributed by atoms with E-state index in [4.69, 9.17) is 5.73 Å². The minimum absolute atomic E-state index is 0.125. The molecule has 19 heavy (non-hydrogen) atoms. The van der Waals surface area contributed by atoms with Crippen LogP contribution in [-0.4, -0.2) is 12.5 Å². The molecule has 0 unspecified atom stereocenters. The van der Waals surface area contributed by atoms with Crippen molar-refractivity contribution in [3.05, 3.63) is 35.4 Å². The first kappa shape index (κ1) is 14.1. The van der Waals surface area contributed by atoms with Gasteiger partial charge in [-0.3, -0.25) is 4.79 Å². The molecular formula is C16H24N2O. The maximum Gasteiger partial charge on any atom is 0.224 e. The highest BCUT2D eigenvalue weighted by molar-refractivity contribution is 5.78. The lowest BCUT2D eigenvalue weighted by atomic mass is 9.67. The summed E-state index contributed by atoms with van der Waals surface area (Å²) >= 11 is 0. The Labute approximate surface area is 115 Å². The highest BCUT2D eigenvalue weighted by Crippen LogP contribution is 2.42. The second-order valence-electron chi connectivity index (χ2n) is 5.68. The van der Waals surface area contributed by atoms with Gasteiger partial charge in [0.1, 0.15) is 0 Å². The highest BCUT2D eigenvalue weighted by atomic mass is 16.1. The van der Waals surface area contributed by atoms with Crippen LogP contribution in [0.4, 0.5) is 0 Å². The van der Waals surface area contributed by atoms with Crippen LogP contribution in [0.1, 0.15) is 43.7 Å². The van der Waals surface area contributed by atoms with E-state index in [1.165, 1.54) is 25.7 Å². The Kier molecular flexibility index (Phi) is 4.59. The van der Waals surface area contributed by atoms with Crippen LogP contribution >= 0.6 is 0 Å². The summed E-state index contributed by atoms with van der Waals surface area (Å²) in [5, 5.41) is 3.09. The van der Waals surface area contributed by atoms with Gasteiger partial charge in [0, 0.05) is 13.1 Å². The molecular weight excluding hydrogens is 236 g/mol. The lowest BCUT2D eigenvalue weighted by Gasteiger charge is -2.41. The molecule has 3 nitrogen and oxygen atoms in total.